The molecule has 0 saturated heterocycles. The van der Waals surface area contributed by atoms with Crippen LogP contribution in [0, 0.1) is 6.92 Å². The van der Waals surface area contributed by atoms with E-state index in [1.54, 1.807) is 36.5 Å². The van der Waals surface area contributed by atoms with Crippen LogP contribution < -0.4 is 15.2 Å². The zero-order valence-corrected chi connectivity index (χ0v) is 17.1. The van der Waals surface area contributed by atoms with Crippen LogP contribution in [0.5, 0.6) is 5.75 Å². The van der Waals surface area contributed by atoms with Crippen molar-refractivity contribution < 1.29 is 17.9 Å². The van der Waals surface area contributed by atoms with Crippen LogP contribution in [-0.4, -0.2) is 24.1 Å². The summed E-state index contributed by atoms with van der Waals surface area (Å²) in [6.45, 7) is 2.24. The smallest absolute Gasteiger partial charge is 0.272 e. The SMILES string of the molecule is Cc1cc(OCn2ccc(C(=O)NCc3ccc(S(N)(=O)=O)cc3)n2)ccc1Cl. The number of benzene rings is 2. The first kappa shape index (κ1) is 20.8. The highest BCUT2D eigenvalue weighted by atomic mass is 35.5. The number of carbonyl (C=O) groups excluding carboxylic acids is 1. The number of rotatable bonds is 7. The van der Waals surface area contributed by atoms with Crippen LogP contribution in [0.4, 0.5) is 0 Å². The largest absolute Gasteiger partial charge is 0.471 e. The van der Waals surface area contributed by atoms with Gasteiger partial charge in [-0.1, -0.05) is 23.7 Å². The van der Waals surface area contributed by atoms with Crippen molar-refractivity contribution in [3.63, 3.8) is 0 Å². The van der Waals surface area contributed by atoms with Crippen molar-refractivity contribution in [3.05, 3.63) is 76.6 Å². The number of aromatic nitrogens is 2. The third-order valence-corrected chi connectivity index (χ3v) is 5.42. The van der Waals surface area contributed by atoms with E-state index in [1.807, 2.05) is 13.0 Å². The molecule has 1 aromatic heterocycles. The highest BCUT2D eigenvalue weighted by molar-refractivity contribution is 7.89. The highest BCUT2D eigenvalue weighted by Gasteiger charge is 2.11. The Morgan fingerprint density at radius 3 is 2.59 bits per heavy atom. The van der Waals surface area contributed by atoms with E-state index in [0.717, 1.165) is 11.1 Å². The van der Waals surface area contributed by atoms with Crippen LogP contribution in [0.25, 0.3) is 0 Å². The van der Waals surface area contributed by atoms with Gasteiger partial charge in [-0.2, -0.15) is 5.10 Å². The van der Waals surface area contributed by atoms with Gasteiger partial charge in [0, 0.05) is 17.8 Å². The van der Waals surface area contributed by atoms with Crippen LogP contribution in [0.15, 0.2) is 59.6 Å². The lowest BCUT2D eigenvalue weighted by Gasteiger charge is -2.08. The van der Waals surface area contributed by atoms with E-state index >= 15 is 0 Å². The predicted octanol–water partition coefficient (Wildman–Crippen LogP) is 2.46. The van der Waals surface area contributed by atoms with Crippen molar-refractivity contribution in [2.75, 3.05) is 0 Å². The van der Waals surface area contributed by atoms with Crippen LogP contribution in [0.1, 0.15) is 21.6 Å². The summed E-state index contributed by atoms with van der Waals surface area (Å²) in [5, 5.41) is 12.6. The topological polar surface area (TPSA) is 116 Å². The molecule has 2 aromatic carbocycles. The summed E-state index contributed by atoms with van der Waals surface area (Å²) < 4.78 is 29.6. The molecule has 3 rings (SSSR count). The maximum atomic E-state index is 12.3. The minimum absolute atomic E-state index is 0.0159. The molecule has 8 nitrogen and oxygen atoms in total. The lowest BCUT2D eigenvalue weighted by atomic mass is 10.2. The van der Waals surface area contributed by atoms with Crippen LogP contribution in [0.2, 0.25) is 5.02 Å². The molecule has 0 radical (unpaired) electrons. The van der Waals surface area contributed by atoms with Crippen molar-refractivity contribution in [1.82, 2.24) is 15.1 Å². The number of aryl methyl sites for hydroxylation is 1. The minimum atomic E-state index is -3.74. The van der Waals surface area contributed by atoms with Gasteiger partial charge in [0.05, 0.1) is 4.90 Å². The quantitative estimate of drug-likeness (QED) is 0.592. The van der Waals surface area contributed by atoms with E-state index in [-0.39, 0.29) is 29.8 Å². The van der Waals surface area contributed by atoms with Crippen LogP contribution in [0.3, 0.4) is 0 Å². The average molecular weight is 435 g/mol. The van der Waals surface area contributed by atoms with E-state index in [4.69, 9.17) is 21.5 Å². The second-order valence-corrected chi connectivity index (χ2v) is 8.27. The fourth-order valence-corrected chi connectivity index (χ4v) is 3.11. The molecule has 0 aliphatic rings. The maximum Gasteiger partial charge on any atom is 0.272 e. The molecule has 0 unspecified atom stereocenters. The molecule has 0 aliphatic heterocycles. The first-order valence-corrected chi connectivity index (χ1v) is 10.5. The van der Waals surface area contributed by atoms with Crippen LogP contribution >= 0.6 is 11.6 Å². The molecule has 0 aliphatic carbocycles. The van der Waals surface area contributed by atoms with E-state index in [1.165, 1.54) is 16.8 Å². The summed E-state index contributed by atoms with van der Waals surface area (Å²) in [5.74, 6) is 0.290. The number of hydrogen-bond acceptors (Lipinski definition) is 5. The second kappa shape index (κ2) is 8.64. The van der Waals surface area contributed by atoms with Gasteiger partial charge >= 0.3 is 0 Å². The average Bonchev–Trinajstić information content (AvgIpc) is 3.16. The summed E-state index contributed by atoms with van der Waals surface area (Å²) >= 11 is 5.99. The number of sulfonamides is 1. The molecule has 1 heterocycles. The molecule has 29 heavy (non-hydrogen) atoms. The first-order valence-electron chi connectivity index (χ1n) is 8.55. The number of primary sulfonamides is 1. The molecule has 10 heteroatoms. The number of carbonyl (C=O) groups is 1. The van der Waals surface area contributed by atoms with Gasteiger partial charge in [0.1, 0.15) is 11.4 Å². The Morgan fingerprint density at radius 2 is 1.93 bits per heavy atom. The Balaban J connectivity index is 1.54. The second-order valence-electron chi connectivity index (χ2n) is 6.30. The summed E-state index contributed by atoms with van der Waals surface area (Å²) in [5.41, 5.74) is 1.87. The summed E-state index contributed by atoms with van der Waals surface area (Å²) in [4.78, 5) is 12.3. The normalized spacial score (nSPS) is 11.3. The Bertz CT molecular complexity index is 1130. The number of nitrogens with two attached hydrogens (primary N) is 1. The maximum absolute atomic E-state index is 12.3. The minimum Gasteiger partial charge on any atom is -0.471 e. The van der Waals surface area contributed by atoms with Crippen molar-refractivity contribution in [2.24, 2.45) is 5.14 Å². The predicted molar refractivity (Wildman–Crippen MR) is 108 cm³/mol. The van der Waals surface area contributed by atoms with Gasteiger partial charge in [-0.25, -0.2) is 18.2 Å². The van der Waals surface area contributed by atoms with Gasteiger partial charge in [-0.15, -0.1) is 0 Å². The molecule has 0 fully saturated rings. The Labute approximate surface area is 173 Å². The molecule has 0 saturated carbocycles. The van der Waals surface area contributed by atoms with Gasteiger partial charge in [0.15, 0.2) is 6.73 Å². The standard InChI is InChI=1S/C19H19ClN4O4S/c1-13-10-15(4-7-17(13)20)28-12-24-9-8-18(23-24)19(25)22-11-14-2-5-16(6-3-14)29(21,26)27/h2-10H,11-12H2,1H3,(H,22,25)(H2,21,26,27). The van der Waals surface area contributed by atoms with E-state index in [9.17, 15) is 13.2 Å². The van der Waals surface area contributed by atoms with Gasteiger partial charge in [0.2, 0.25) is 10.0 Å². The molecule has 152 valence electrons. The third kappa shape index (κ3) is 5.57. The molecule has 1 amide bonds. The Hall–Kier alpha value is -2.88. The monoisotopic (exact) mass is 434 g/mol. The molecular formula is C19H19ClN4O4S. The van der Waals surface area contributed by atoms with Crippen molar-refractivity contribution in [3.8, 4) is 5.75 Å². The van der Waals surface area contributed by atoms with Crippen molar-refractivity contribution in [2.45, 2.75) is 25.1 Å². The molecular weight excluding hydrogens is 416 g/mol. The number of nitrogens with zero attached hydrogens (tertiary/aromatic N) is 2. The molecule has 3 N–H and O–H groups in total. The van der Waals surface area contributed by atoms with Crippen LogP contribution in [-0.2, 0) is 23.3 Å². The summed E-state index contributed by atoms with van der Waals surface area (Å²) in [6, 6.07) is 12.9. The van der Waals surface area contributed by atoms with Gasteiger partial charge in [0.25, 0.3) is 5.91 Å². The van der Waals surface area contributed by atoms with E-state index in [0.29, 0.717) is 10.8 Å². The Morgan fingerprint density at radius 1 is 1.21 bits per heavy atom. The zero-order chi connectivity index (χ0) is 21.0. The highest BCUT2D eigenvalue weighted by Crippen LogP contribution is 2.21. The van der Waals surface area contributed by atoms with Crippen molar-refractivity contribution >= 4 is 27.5 Å². The zero-order valence-electron chi connectivity index (χ0n) is 15.5. The molecule has 0 spiro atoms. The summed E-state index contributed by atoms with van der Waals surface area (Å²) in [7, 11) is -3.74. The lowest BCUT2D eigenvalue weighted by molar-refractivity contribution is 0.0944. The van der Waals surface area contributed by atoms with E-state index in [2.05, 4.69) is 10.4 Å². The number of amides is 1. The summed E-state index contributed by atoms with van der Waals surface area (Å²) in [6.07, 6.45) is 1.64. The van der Waals surface area contributed by atoms with Crippen molar-refractivity contribution in [1.29, 1.82) is 0 Å². The fraction of sp³-hybridized carbons (Fsp3) is 0.158. The lowest BCUT2D eigenvalue weighted by Crippen LogP contribution is -2.23. The fourth-order valence-electron chi connectivity index (χ4n) is 2.47. The first-order chi connectivity index (χ1) is 13.7. The Kier molecular flexibility index (Phi) is 6.21. The third-order valence-electron chi connectivity index (χ3n) is 4.07. The number of hydrogen-bond donors (Lipinski definition) is 2. The molecule has 0 bridgehead atoms. The molecule has 0 atom stereocenters. The van der Waals surface area contributed by atoms with Gasteiger partial charge in [-0.3, -0.25) is 4.79 Å². The van der Waals surface area contributed by atoms with E-state index < -0.39 is 10.0 Å². The van der Waals surface area contributed by atoms with Gasteiger partial charge in [-0.05, 0) is 54.4 Å². The number of ether oxygens (including phenoxy) is 1. The number of halogens is 1. The van der Waals surface area contributed by atoms with Gasteiger partial charge < -0.3 is 10.1 Å². The number of nitrogens with one attached hydrogen (secondary N) is 1. The molecule has 3 aromatic rings.